The van der Waals surface area contributed by atoms with E-state index in [2.05, 4.69) is 5.32 Å². The molecule has 0 spiro atoms. The van der Waals surface area contributed by atoms with Gasteiger partial charge in [-0.15, -0.1) is 0 Å². The standard InChI is InChI=1S/C7H14N2O2/c1-6(5-10)9-7(11)3-2-4-8/h5-6H,2-4,8H2,1H3,(H,9,11)/t6-/m0/s1. The van der Waals surface area contributed by atoms with E-state index >= 15 is 0 Å². The molecule has 0 saturated heterocycles. The van der Waals surface area contributed by atoms with Gasteiger partial charge in [-0.2, -0.15) is 0 Å². The largest absolute Gasteiger partial charge is 0.347 e. The number of hydrogen-bond acceptors (Lipinski definition) is 3. The molecule has 64 valence electrons. The van der Waals surface area contributed by atoms with Gasteiger partial charge in [-0.25, -0.2) is 0 Å². The summed E-state index contributed by atoms with van der Waals surface area (Å²) in [5.41, 5.74) is 5.19. The SMILES string of the molecule is C[C@@H](C=O)NC(=O)CCCN. The van der Waals surface area contributed by atoms with Crippen LogP contribution in [0.4, 0.5) is 0 Å². The highest BCUT2D eigenvalue weighted by molar-refractivity contribution is 5.79. The third-order valence-corrected chi connectivity index (χ3v) is 1.20. The van der Waals surface area contributed by atoms with Crippen LogP contribution in [0.1, 0.15) is 19.8 Å². The van der Waals surface area contributed by atoms with Crippen LogP contribution in [0.3, 0.4) is 0 Å². The van der Waals surface area contributed by atoms with Gasteiger partial charge >= 0.3 is 0 Å². The second-order valence-corrected chi connectivity index (χ2v) is 2.38. The zero-order chi connectivity index (χ0) is 8.69. The van der Waals surface area contributed by atoms with Crippen LogP contribution in [-0.2, 0) is 9.59 Å². The Morgan fingerprint density at radius 3 is 2.82 bits per heavy atom. The molecule has 0 radical (unpaired) electrons. The first kappa shape index (κ1) is 10.1. The molecule has 0 bridgehead atoms. The quantitative estimate of drug-likeness (QED) is 0.526. The number of aldehydes is 1. The van der Waals surface area contributed by atoms with Crippen molar-refractivity contribution in [3.8, 4) is 0 Å². The molecule has 3 N–H and O–H groups in total. The molecular formula is C7H14N2O2. The van der Waals surface area contributed by atoms with Crippen LogP contribution >= 0.6 is 0 Å². The first-order valence-electron chi connectivity index (χ1n) is 3.65. The minimum absolute atomic E-state index is 0.116. The van der Waals surface area contributed by atoms with Crippen molar-refractivity contribution in [1.82, 2.24) is 5.32 Å². The molecule has 0 rings (SSSR count). The monoisotopic (exact) mass is 158 g/mol. The summed E-state index contributed by atoms with van der Waals surface area (Å²) in [7, 11) is 0. The number of nitrogens with one attached hydrogen (secondary N) is 1. The summed E-state index contributed by atoms with van der Waals surface area (Å²) in [6, 6.07) is -0.389. The Morgan fingerprint density at radius 2 is 2.36 bits per heavy atom. The topological polar surface area (TPSA) is 72.2 Å². The summed E-state index contributed by atoms with van der Waals surface area (Å²) in [5, 5.41) is 2.50. The summed E-state index contributed by atoms with van der Waals surface area (Å²) in [4.78, 5) is 20.9. The fourth-order valence-corrected chi connectivity index (χ4v) is 0.623. The molecule has 1 amide bonds. The highest BCUT2D eigenvalue weighted by Gasteiger charge is 2.03. The van der Waals surface area contributed by atoms with Crippen molar-refractivity contribution in [1.29, 1.82) is 0 Å². The van der Waals surface area contributed by atoms with Gasteiger partial charge in [-0.3, -0.25) is 4.79 Å². The van der Waals surface area contributed by atoms with Crippen molar-refractivity contribution in [3.63, 3.8) is 0 Å². The first-order valence-corrected chi connectivity index (χ1v) is 3.65. The lowest BCUT2D eigenvalue weighted by atomic mass is 10.3. The predicted octanol–water partition coefficient (Wildman–Crippen LogP) is -0.571. The van der Waals surface area contributed by atoms with E-state index in [1.807, 2.05) is 0 Å². The van der Waals surface area contributed by atoms with E-state index in [1.54, 1.807) is 6.92 Å². The number of nitrogens with two attached hydrogens (primary N) is 1. The molecule has 0 aliphatic heterocycles. The molecule has 0 unspecified atom stereocenters. The Hall–Kier alpha value is -0.900. The predicted molar refractivity (Wildman–Crippen MR) is 42.0 cm³/mol. The van der Waals surface area contributed by atoms with Crippen molar-refractivity contribution >= 4 is 12.2 Å². The molecule has 0 aliphatic carbocycles. The molecule has 4 heteroatoms. The van der Waals surface area contributed by atoms with Crippen LogP contribution in [-0.4, -0.2) is 24.8 Å². The lowest BCUT2D eigenvalue weighted by Gasteiger charge is -2.05. The molecule has 0 aromatic carbocycles. The third kappa shape index (κ3) is 5.54. The highest BCUT2D eigenvalue weighted by atomic mass is 16.2. The van der Waals surface area contributed by atoms with Crippen LogP contribution in [0.5, 0.6) is 0 Å². The summed E-state index contributed by atoms with van der Waals surface area (Å²) < 4.78 is 0. The second-order valence-electron chi connectivity index (χ2n) is 2.38. The molecule has 0 fully saturated rings. The molecular weight excluding hydrogens is 144 g/mol. The van der Waals surface area contributed by atoms with Gasteiger partial charge in [0.05, 0.1) is 6.04 Å². The van der Waals surface area contributed by atoms with E-state index in [1.165, 1.54) is 0 Å². The van der Waals surface area contributed by atoms with E-state index in [-0.39, 0.29) is 11.9 Å². The molecule has 4 nitrogen and oxygen atoms in total. The average molecular weight is 158 g/mol. The van der Waals surface area contributed by atoms with Crippen LogP contribution in [0.2, 0.25) is 0 Å². The van der Waals surface area contributed by atoms with Crippen LogP contribution in [0.15, 0.2) is 0 Å². The lowest BCUT2D eigenvalue weighted by molar-refractivity contribution is -0.123. The second kappa shape index (κ2) is 5.85. The lowest BCUT2D eigenvalue weighted by Crippen LogP contribution is -2.33. The van der Waals surface area contributed by atoms with Crippen LogP contribution in [0, 0.1) is 0 Å². The van der Waals surface area contributed by atoms with E-state index in [0.717, 1.165) is 0 Å². The molecule has 0 aliphatic rings. The number of carbonyl (C=O) groups is 2. The van der Waals surface area contributed by atoms with Gasteiger partial charge in [0.1, 0.15) is 6.29 Å². The zero-order valence-corrected chi connectivity index (χ0v) is 6.67. The van der Waals surface area contributed by atoms with Crippen molar-refractivity contribution in [2.75, 3.05) is 6.54 Å². The van der Waals surface area contributed by atoms with Crippen molar-refractivity contribution < 1.29 is 9.59 Å². The van der Waals surface area contributed by atoms with Gasteiger partial charge in [0, 0.05) is 6.42 Å². The van der Waals surface area contributed by atoms with E-state index in [0.29, 0.717) is 25.7 Å². The molecule has 1 atom stereocenters. The Bertz CT molecular complexity index is 136. The fraction of sp³-hybridized carbons (Fsp3) is 0.714. The van der Waals surface area contributed by atoms with Gasteiger partial charge in [0.25, 0.3) is 0 Å². The van der Waals surface area contributed by atoms with Gasteiger partial charge in [-0.05, 0) is 19.9 Å². The summed E-state index contributed by atoms with van der Waals surface area (Å²) in [6.45, 7) is 2.14. The Kier molecular flexibility index (Phi) is 5.37. The maximum atomic E-state index is 10.8. The van der Waals surface area contributed by atoms with Gasteiger partial charge < -0.3 is 15.8 Å². The Labute approximate surface area is 66.1 Å². The van der Waals surface area contributed by atoms with Crippen molar-refractivity contribution in [2.24, 2.45) is 5.73 Å². The normalized spacial score (nSPS) is 12.2. The Morgan fingerprint density at radius 1 is 1.73 bits per heavy atom. The van der Waals surface area contributed by atoms with E-state index in [9.17, 15) is 9.59 Å². The average Bonchev–Trinajstić information content (AvgIpc) is 2.00. The van der Waals surface area contributed by atoms with E-state index < -0.39 is 0 Å². The zero-order valence-electron chi connectivity index (χ0n) is 6.67. The fourth-order valence-electron chi connectivity index (χ4n) is 0.623. The summed E-state index contributed by atoms with van der Waals surface area (Å²) in [5.74, 6) is -0.116. The maximum absolute atomic E-state index is 10.8. The number of hydrogen-bond donors (Lipinski definition) is 2. The molecule has 11 heavy (non-hydrogen) atoms. The highest BCUT2D eigenvalue weighted by Crippen LogP contribution is 1.86. The molecule has 0 heterocycles. The van der Waals surface area contributed by atoms with E-state index in [4.69, 9.17) is 5.73 Å². The molecule has 0 saturated carbocycles. The van der Waals surface area contributed by atoms with Gasteiger partial charge in [-0.1, -0.05) is 0 Å². The molecule has 0 aromatic heterocycles. The third-order valence-electron chi connectivity index (χ3n) is 1.20. The Balaban J connectivity index is 3.43. The smallest absolute Gasteiger partial charge is 0.220 e. The minimum Gasteiger partial charge on any atom is -0.347 e. The number of amides is 1. The van der Waals surface area contributed by atoms with Crippen molar-refractivity contribution in [2.45, 2.75) is 25.8 Å². The van der Waals surface area contributed by atoms with Crippen molar-refractivity contribution in [3.05, 3.63) is 0 Å². The summed E-state index contributed by atoms with van der Waals surface area (Å²) in [6.07, 6.45) is 1.76. The summed E-state index contributed by atoms with van der Waals surface area (Å²) >= 11 is 0. The maximum Gasteiger partial charge on any atom is 0.220 e. The minimum atomic E-state index is -0.389. The van der Waals surface area contributed by atoms with Crippen LogP contribution < -0.4 is 11.1 Å². The number of carbonyl (C=O) groups excluding carboxylic acids is 2. The number of rotatable bonds is 5. The van der Waals surface area contributed by atoms with Gasteiger partial charge in [0.15, 0.2) is 0 Å². The molecule has 0 aromatic rings. The van der Waals surface area contributed by atoms with Crippen LogP contribution in [0.25, 0.3) is 0 Å². The first-order chi connectivity index (χ1) is 5.20. The van der Waals surface area contributed by atoms with Gasteiger partial charge in [0.2, 0.25) is 5.91 Å².